The Morgan fingerprint density at radius 1 is 1.56 bits per heavy atom. The highest BCUT2D eigenvalue weighted by Crippen LogP contribution is 2.25. The van der Waals surface area contributed by atoms with Crippen molar-refractivity contribution in [1.29, 1.82) is 0 Å². The molecule has 18 heavy (non-hydrogen) atoms. The first-order valence-electron chi connectivity index (χ1n) is 6.56. The van der Waals surface area contributed by atoms with E-state index in [-0.39, 0.29) is 5.91 Å². The predicted molar refractivity (Wildman–Crippen MR) is 71.5 cm³/mol. The molecule has 1 saturated heterocycles. The van der Waals surface area contributed by atoms with Gasteiger partial charge >= 0.3 is 0 Å². The number of aryl methyl sites for hydroxylation is 1. The van der Waals surface area contributed by atoms with Crippen molar-refractivity contribution in [3.8, 4) is 0 Å². The lowest BCUT2D eigenvalue weighted by Crippen LogP contribution is -2.43. The van der Waals surface area contributed by atoms with Gasteiger partial charge in [0, 0.05) is 30.4 Å². The number of hydrogen-bond donors (Lipinski definition) is 1. The van der Waals surface area contributed by atoms with Gasteiger partial charge < -0.3 is 10.2 Å². The molecule has 0 saturated carbocycles. The molecule has 0 unspecified atom stereocenters. The van der Waals surface area contributed by atoms with E-state index in [4.69, 9.17) is 0 Å². The zero-order valence-electron chi connectivity index (χ0n) is 11.1. The molecule has 98 valence electrons. The van der Waals surface area contributed by atoms with Gasteiger partial charge in [0.2, 0.25) is 5.91 Å². The van der Waals surface area contributed by atoms with Crippen LogP contribution in [0.15, 0.2) is 18.2 Å². The summed E-state index contributed by atoms with van der Waals surface area (Å²) in [6.07, 6.45) is 2.19. The highest BCUT2D eigenvalue weighted by molar-refractivity contribution is 5.78. The number of nitrogens with zero attached hydrogens (tertiary/aromatic N) is 2. The van der Waals surface area contributed by atoms with Crippen molar-refractivity contribution in [2.24, 2.45) is 0 Å². The van der Waals surface area contributed by atoms with Crippen molar-refractivity contribution in [2.75, 3.05) is 26.7 Å². The lowest BCUT2D eigenvalue weighted by atomic mass is 9.94. The number of pyridine rings is 1. The van der Waals surface area contributed by atoms with E-state index in [0.717, 1.165) is 37.3 Å². The van der Waals surface area contributed by atoms with Crippen LogP contribution in [0.4, 0.5) is 0 Å². The number of amides is 1. The Morgan fingerprint density at radius 3 is 3.11 bits per heavy atom. The van der Waals surface area contributed by atoms with Gasteiger partial charge in [0.05, 0.1) is 6.54 Å². The van der Waals surface area contributed by atoms with Crippen LogP contribution in [0, 0.1) is 6.92 Å². The van der Waals surface area contributed by atoms with Gasteiger partial charge in [-0.3, -0.25) is 9.78 Å². The van der Waals surface area contributed by atoms with Crippen LogP contribution in [-0.4, -0.2) is 42.5 Å². The van der Waals surface area contributed by atoms with E-state index in [1.807, 2.05) is 24.0 Å². The third-order valence-electron chi connectivity index (χ3n) is 3.43. The summed E-state index contributed by atoms with van der Waals surface area (Å²) >= 11 is 0. The maximum Gasteiger partial charge on any atom is 0.236 e. The third kappa shape index (κ3) is 3.07. The fourth-order valence-electron chi connectivity index (χ4n) is 2.50. The normalized spacial score (nSPS) is 19.9. The van der Waals surface area contributed by atoms with Crippen molar-refractivity contribution >= 4 is 5.91 Å². The second-order valence-electron chi connectivity index (χ2n) is 4.91. The largest absolute Gasteiger partial charge is 0.341 e. The van der Waals surface area contributed by atoms with E-state index in [1.165, 1.54) is 0 Å². The van der Waals surface area contributed by atoms with E-state index in [1.54, 1.807) is 7.05 Å². The number of likely N-dealkylation sites (tertiary alicyclic amines) is 1. The quantitative estimate of drug-likeness (QED) is 0.876. The van der Waals surface area contributed by atoms with Crippen molar-refractivity contribution in [1.82, 2.24) is 15.2 Å². The van der Waals surface area contributed by atoms with Crippen molar-refractivity contribution in [2.45, 2.75) is 25.7 Å². The van der Waals surface area contributed by atoms with Crippen molar-refractivity contribution < 1.29 is 4.79 Å². The van der Waals surface area contributed by atoms with Crippen LogP contribution in [0.5, 0.6) is 0 Å². The fraction of sp³-hybridized carbons (Fsp3) is 0.571. The van der Waals surface area contributed by atoms with Crippen LogP contribution in [0.3, 0.4) is 0 Å². The van der Waals surface area contributed by atoms with Gasteiger partial charge in [-0.25, -0.2) is 0 Å². The SMILES string of the molecule is CNCC(=O)N1CCC[C@H](c2cccc(C)n2)C1. The average molecular weight is 247 g/mol. The van der Waals surface area contributed by atoms with Gasteiger partial charge in [0.1, 0.15) is 0 Å². The summed E-state index contributed by atoms with van der Waals surface area (Å²) in [6.45, 7) is 4.12. The zero-order valence-corrected chi connectivity index (χ0v) is 11.1. The van der Waals surface area contributed by atoms with Gasteiger partial charge in [-0.1, -0.05) is 6.07 Å². The Hall–Kier alpha value is -1.42. The van der Waals surface area contributed by atoms with Crippen LogP contribution in [0.25, 0.3) is 0 Å². The number of hydrogen-bond acceptors (Lipinski definition) is 3. The minimum Gasteiger partial charge on any atom is -0.341 e. The molecule has 1 amide bonds. The van der Waals surface area contributed by atoms with Gasteiger partial charge in [-0.2, -0.15) is 0 Å². The van der Waals surface area contributed by atoms with Crippen molar-refractivity contribution in [3.63, 3.8) is 0 Å². The van der Waals surface area contributed by atoms with E-state index in [9.17, 15) is 4.79 Å². The molecule has 0 bridgehead atoms. The lowest BCUT2D eigenvalue weighted by Gasteiger charge is -2.32. The first-order chi connectivity index (χ1) is 8.70. The summed E-state index contributed by atoms with van der Waals surface area (Å²) in [4.78, 5) is 18.4. The molecule has 4 heteroatoms. The molecular formula is C14H21N3O. The van der Waals surface area contributed by atoms with E-state index in [0.29, 0.717) is 12.5 Å². The number of carbonyl (C=O) groups is 1. The Bertz CT molecular complexity index is 419. The molecule has 2 heterocycles. The second kappa shape index (κ2) is 5.96. The summed E-state index contributed by atoms with van der Waals surface area (Å²) in [5.41, 5.74) is 2.17. The number of carbonyl (C=O) groups excluding carboxylic acids is 1. The summed E-state index contributed by atoms with van der Waals surface area (Å²) in [5, 5.41) is 2.92. The number of aromatic nitrogens is 1. The first kappa shape index (κ1) is 13.0. The van der Waals surface area contributed by atoms with Crippen LogP contribution in [-0.2, 0) is 4.79 Å². The molecule has 0 aromatic carbocycles. The fourth-order valence-corrected chi connectivity index (χ4v) is 2.50. The van der Waals surface area contributed by atoms with Gasteiger partial charge in [0.15, 0.2) is 0 Å². The monoisotopic (exact) mass is 247 g/mol. The van der Waals surface area contributed by atoms with E-state index < -0.39 is 0 Å². The van der Waals surface area contributed by atoms with E-state index in [2.05, 4.69) is 16.4 Å². The predicted octanol–water partition coefficient (Wildman–Crippen LogP) is 1.32. The zero-order chi connectivity index (χ0) is 13.0. The Labute approximate surface area is 108 Å². The van der Waals surface area contributed by atoms with Gasteiger partial charge in [0.25, 0.3) is 0 Å². The standard InChI is InChI=1S/C14H21N3O/c1-11-5-3-7-13(16-11)12-6-4-8-17(10-12)14(18)9-15-2/h3,5,7,12,15H,4,6,8-10H2,1-2H3/t12-/m0/s1. The smallest absolute Gasteiger partial charge is 0.236 e. The first-order valence-corrected chi connectivity index (χ1v) is 6.56. The molecule has 0 spiro atoms. The summed E-state index contributed by atoms with van der Waals surface area (Å²) in [7, 11) is 1.81. The number of likely N-dealkylation sites (N-methyl/N-ethyl adjacent to an activating group) is 1. The molecular weight excluding hydrogens is 226 g/mol. The number of nitrogens with one attached hydrogen (secondary N) is 1. The minimum absolute atomic E-state index is 0.190. The second-order valence-corrected chi connectivity index (χ2v) is 4.91. The van der Waals surface area contributed by atoms with Crippen LogP contribution >= 0.6 is 0 Å². The topological polar surface area (TPSA) is 45.2 Å². The summed E-state index contributed by atoms with van der Waals surface area (Å²) in [6, 6.07) is 6.13. The maximum absolute atomic E-state index is 11.9. The molecule has 1 aromatic rings. The Balaban J connectivity index is 2.04. The van der Waals surface area contributed by atoms with Gasteiger partial charge in [-0.05, 0) is 38.9 Å². The molecule has 1 atom stereocenters. The van der Waals surface area contributed by atoms with Crippen molar-refractivity contribution in [3.05, 3.63) is 29.6 Å². The number of piperidine rings is 1. The summed E-state index contributed by atoms with van der Waals surface area (Å²) < 4.78 is 0. The molecule has 1 aromatic heterocycles. The van der Waals surface area contributed by atoms with Crippen LogP contribution in [0.2, 0.25) is 0 Å². The number of rotatable bonds is 3. The highest BCUT2D eigenvalue weighted by Gasteiger charge is 2.24. The Morgan fingerprint density at radius 2 is 2.39 bits per heavy atom. The van der Waals surface area contributed by atoms with Crippen LogP contribution in [0.1, 0.15) is 30.1 Å². The maximum atomic E-state index is 11.9. The molecule has 4 nitrogen and oxygen atoms in total. The molecule has 1 aliphatic heterocycles. The van der Waals surface area contributed by atoms with Gasteiger partial charge in [-0.15, -0.1) is 0 Å². The molecule has 1 N–H and O–H groups in total. The molecule has 0 radical (unpaired) electrons. The molecule has 2 rings (SSSR count). The molecule has 1 aliphatic rings. The third-order valence-corrected chi connectivity index (χ3v) is 3.43. The van der Waals surface area contributed by atoms with Crippen LogP contribution < -0.4 is 5.32 Å². The molecule has 1 fully saturated rings. The summed E-state index contributed by atoms with van der Waals surface area (Å²) in [5.74, 6) is 0.578. The van der Waals surface area contributed by atoms with E-state index >= 15 is 0 Å². The molecule has 0 aliphatic carbocycles. The minimum atomic E-state index is 0.190. The Kier molecular flexibility index (Phi) is 4.31. The lowest BCUT2D eigenvalue weighted by molar-refractivity contribution is -0.131. The average Bonchev–Trinajstić information content (AvgIpc) is 2.39. The highest BCUT2D eigenvalue weighted by atomic mass is 16.2.